The van der Waals surface area contributed by atoms with Crippen LogP contribution in [0.2, 0.25) is 0 Å². The molecule has 2 N–H and O–H groups in total. The molecule has 0 saturated carbocycles. The van der Waals surface area contributed by atoms with Crippen LogP contribution in [0.15, 0.2) is 46.8 Å². The van der Waals surface area contributed by atoms with Gasteiger partial charge in [0.2, 0.25) is 0 Å². The molecular formula is C17H22N5NaO6S. The zero-order chi connectivity index (χ0) is 21.4. The number of aromatic nitrogens is 1. The Morgan fingerprint density at radius 3 is 2.47 bits per heavy atom. The number of anilines is 1. The summed E-state index contributed by atoms with van der Waals surface area (Å²) < 4.78 is 30.6. The van der Waals surface area contributed by atoms with Gasteiger partial charge in [-0.3, -0.25) is 14.7 Å². The van der Waals surface area contributed by atoms with Crippen molar-refractivity contribution in [3.63, 3.8) is 0 Å². The van der Waals surface area contributed by atoms with E-state index in [4.69, 9.17) is 4.55 Å². The number of nitro groups is 1. The Morgan fingerprint density at radius 1 is 1.20 bits per heavy atom. The van der Waals surface area contributed by atoms with Crippen LogP contribution >= 0.6 is 0 Å². The summed E-state index contributed by atoms with van der Waals surface area (Å²) in [4.78, 5) is 15.7. The molecule has 0 bridgehead atoms. The molecule has 0 spiro atoms. The number of azo groups is 1. The number of phenolic OH excluding ortho intramolecular Hbond substituents is 1. The van der Waals surface area contributed by atoms with Gasteiger partial charge in [0, 0.05) is 30.9 Å². The molecule has 0 aliphatic heterocycles. The number of hydrogen-bond acceptors (Lipinski definition) is 9. The average Bonchev–Trinajstić information content (AvgIpc) is 2.65. The Morgan fingerprint density at radius 2 is 1.93 bits per heavy atom. The zero-order valence-corrected chi connectivity index (χ0v) is 16.5. The van der Waals surface area contributed by atoms with E-state index in [1.165, 1.54) is 18.2 Å². The van der Waals surface area contributed by atoms with E-state index in [-0.39, 0.29) is 64.7 Å². The van der Waals surface area contributed by atoms with E-state index in [0.717, 1.165) is 12.6 Å². The first-order chi connectivity index (χ1) is 13.7. The average molecular weight is 447 g/mol. The number of nitrogens with zero attached hydrogens (tertiary/aromatic N) is 5. The molecule has 0 unspecified atom stereocenters. The number of pyridine rings is 1. The fraction of sp³-hybridized carbons (Fsp3) is 0.353. The van der Waals surface area contributed by atoms with Gasteiger partial charge in [-0.15, -0.1) is 10.2 Å². The van der Waals surface area contributed by atoms with E-state index in [2.05, 4.69) is 15.2 Å². The van der Waals surface area contributed by atoms with E-state index < -0.39 is 15.0 Å². The van der Waals surface area contributed by atoms with Crippen molar-refractivity contribution >= 4 is 62.6 Å². The van der Waals surface area contributed by atoms with Crippen molar-refractivity contribution in [3.05, 3.63) is 46.6 Å². The van der Waals surface area contributed by atoms with Crippen molar-refractivity contribution < 1.29 is 23.0 Å². The molecule has 1 heterocycles. The van der Waals surface area contributed by atoms with Gasteiger partial charge >= 0.3 is 29.6 Å². The maximum atomic E-state index is 10.9. The van der Waals surface area contributed by atoms with Crippen LogP contribution in [0.5, 0.6) is 5.75 Å². The van der Waals surface area contributed by atoms with Crippen LogP contribution in [0.3, 0.4) is 0 Å². The molecule has 2 aromatic rings. The summed E-state index contributed by atoms with van der Waals surface area (Å²) in [7, 11) is -4.02. The number of benzene rings is 1. The van der Waals surface area contributed by atoms with Crippen LogP contribution in [0.1, 0.15) is 19.8 Å². The monoisotopic (exact) mass is 447 g/mol. The van der Waals surface area contributed by atoms with Gasteiger partial charge in [0.25, 0.3) is 15.8 Å². The van der Waals surface area contributed by atoms with Gasteiger partial charge in [0.05, 0.1) is 10.7 Å². The number of aromatic hydroxyl groups is 1. The third-order valence-corrected chi connectivity index (χ3v) is 4.66. The standard InChI is InChI=1S/C17H21N5O6S.Na.H/c1-2-8-21(9-3-10-29(26,27)28)13-4-6-15(16(23)11-13)19-20-17-7-5-14(12-18-17)22(24)25;;/h4-7,11-12,23H,2-3,8-10H2,1H3,(H,26,27,28);;/b20-19+;;. The summed E-state index contributed by atoms with van der Waals surface area (Å²) in [6.45, 7) is 2.99. The molecule has 30 heavy (non-hydrogen) atoms. The van der Waals surface area contributed by atoms with E-state index in [1.807, 2.05) is 11.8 Å². The van der Waals surface area contributed by atoms with Crippen molar-refractivity contribution in [1.82, 2.24) is 4.98 Å². The van der Waals surface area contributed by atoms with E-state index in [0.29, 0.717) is 18.8 Å². The molecule has 0 amide bonds. The Labute approximate surface area is 196 Å². The fourth-order valence-electron chi connectivity index (χ4n) is 2.52. The first-order valence-electron chi connectivity index (χ1n) is 8.75. The normalized spacial score (nSPS) is 11.3. The molecule has 11 nitrogen and oxygen atoms in total. The Balaban J connectivity index is 0.00000450. The van der Waals surface area contributed by atoms with Gasteiger partial charge < -0.3 is 10.0 Å². The molecule has 0 aliphatic rings. The third-order valence-electron chi connectivity index (χ3n) is 3.85. The van der Waals surface area contributed by atoms with Crippen molar-refractivity contribution in [2.24, 2.45) is 10.2 Å². The topological polar surface area (TPSA) is 159 Å². The first kappa shape index (κ1) is 25.9. The van der Waals surface area contributed by atoms with Gasteiger partial charge in [-0.05, 0) is 31.0 Å². The Hall–Kier alpha value is -2.12. The van der Waals surface area contributed by atoms with Gasteiger partial charge in [0.1, 0.15) is 17.6 Å². The van der Waals surface area contributed by atoms with Crippen LogP contribution in [0.4, 0.5) is 22.9 Å². The summed E-state index contributed by atoms with van der Waals surface area (Å²) in [5.41, 5.74) is 0.691. The molecule has 1 aromatic carbocycles. The number of hydrogen-bond donors (Lipinski definition) is 2. The quantitative estimate of drug-likeness (QED) is 0.185. The van der Waals surface area contributed by atoms with Crippen molar-refractivity contribution in [3.8, 4) is 5.75 Å². The molecule has 1 aromatic heterocycles. The minimum atomic E-state index is -4.02. The molecular weight excluding hydrogens is 425 g/mol. The van der Waals surface area contributed by atoms with Crippen LogP contribution in [-0.4, -0.2) is 76.4 Å². The summed E-state index contributed by atoms with van der Waals surface area (Å²) in [6, 6.07) is 7.33. The summed E-state index contributed by atoms with van der Waals surface area (Å²) in [6.07, 6.45) is 2.11. The molecule has 158 valence electrons. The molecule has 0 fully saturated rings. The predicted octanol–water partition coefficient (Wildman–Crippen LogP) is 2.96. The third kappa shape index (κ3) is 8.32. The van der Waals surface area contributed by atoms with E-state index in [1.54, 1.807) is 12.1 Å². The molecule has 0 saturated heterocycles. The second kappa shape index (κ2) is 11.9. The summed E-state index contributed by atoms with van der Waals surface area (Å²) in [5, 5.41) is 28.6. The van der Waals surface area contributed by atoms with Crippen LogP contribution in [0, 0.1) is 10.1 Å². The van der Waals surface area contributed by atoms with Gasteiger partial charge in [-0.2, -0.15) is 8.42 Å². The second-order valence-electron chi connectivity index (χ2n) is 6.13. The Bertz CT molecular complexity index is 985. The molecule has 0 radical (unpaired) electrons. The van der Waals surface area contributed by atoms with E-state index >= 15 is 0 Å². The van der Waals surface area contributed by atoms with Crippen molar-refractivity contribution in [2.45, 2.75) is 19.8 Å². The van der Waals surface area contributed by atoms with Crippen molar-refractivity contribution in [2.75, 3.05) is 23.7 Å². The fourth-order valence-corrected chi connectivity index (χ4v) is 3.02. The molecule has 13 heteroatoms. The maximum absolute atomic E-state index is 10.9. The van der Waals surface area contributed by atoms with Crippen LogP contribution < -0.4 is 4.90 Å². The summed E-state index contributed by atoms with van der Waals surface area (Å²) in [5.74, 6) is -0.325. The minimum absolute atomic E-state index is 0. The SMILES string of the molecule is CCCN(CCCS(=O)(=O)O)c1ccc(/N=N/c2ccc([N+](=O)[O-])cn2)c(O)c1.[NaH]. The molecule has 0 atom stereocenters. The molecule has 0 aliphatic carbocycles. The molecule has 2 rings (SSSR count). The van der Waals surface area contributed by atoms with Crippen LogP contribution in [-0.2, 0) is 10.1 Å². The van der Waals surface area contributed by atoms with Crippen LogP contribution in [0.25, 0.3) is 0 Å². The number of phenols is 1. The van der Waals surface area contributed by atoms with Gasteiger partial charge in [-0.25, -0.2) is 4.98 Å². The first-order valence-corrected chi connectivity index (χ1v) is 10.4. The van der Waals surface area contributed by atoms with Gasteiger partial charge in [0.15, 0.2) is 5.82 Å². The van der Waals surface area contributed by atoms with E-state index in [9.17, 15) is 23.6 Å². The Kier molecular flexibility index (Phi) is 10.3. The summed E-state index contributed by atoms with van der Waals surface area (Å²) >= 11 is 0. The second-order valence-corrected chi connectivity index (χ2v) is 7.70. The predicted molar refractivity (Wildman–Crippen MR) is 114 cm³/mol. The van der Waals surface area contributed by atoms with Gasteiger partial charge in [-0.1, -0.05) is 6.92 Å². The zero-order valence-electron chi connectivity index (χ0n) is 15.7. The van der Waals surface area contributed by atoms with Crippen molar-refractivity contribution in [1.29, 1.82) is 0 Å². The number of rotatable bonds is 10.